The summed E-state index contributed by atoms with van der Waals surface area (Å²) in [5.74, 6) is -0.00824. The monoisotopic (exact) mass is 350 g/mol. The van der Waals surface area contributed by atoms with Crippen molar-refractivity contribution < 1.29 is 4.79 Å². The highest BCUT2D eigenvalue weighted by Crippen LogP contribution is 2.47. The Kier molecular flexibility index (Phi) is 2.41. The molecule has 1 aliphatic carbocycles. The number of carbonyl (C=O) groups excluding carboxylic acids is 1. The largest absolute Gasteiger partial charge is 0.330 e. The number of likely N-dealkylation sites (N-methyl/N-ethyl adjacent to an activating group) is 1. The minimum absolute atomic E-state index is 0.00824. The molecule has 4 rings (SSSR count). The van der Waals surface area contributed by atoms with Crippen LogP contribution in [0.1, 0.15) is 34.0 Å². The van der Waals surface area contributed by atoms with Crippen LogP contribution in [0.3, 0.4) is 0 Å². The first-order valence-electron chi connectivity index (χ1n) is 6.82. The number of imidazole rings is 1. The average Bonchev–Trinajstić information content (AvgIpc) is 3.08. The smallest absolute Gasteiger partial charge is 0.328 e. The van der Waals surface area contributed by atoms with Crippen LogP contribution in [0.4, 0.5) is 0 Å². The first-order chi connectivity index (χ1) is 9.93. The maximum Gasteiger partial charge on any atom is 0.328 e. The second kappa shape index (κ2) is 3.91. The van der Waals surface area contributed by atoms with Crippen LogP contribution in [-0.2, 0) is 20.5 Å². The number of carbonyl (C=O) groups is 1. The van der Waals surface area contributed by atoms with Gasteiger partial charge in [-0.1, -0.05) is 0 Å². The van der Waals surface area contributed by atoms with E-state index in [1.807, 2.05) is 19.2 Å². The number of halogens is 1. The van der Waals surface area contributed by atoms with E-state index < -0.39 is 0 Å². The van der Waals surface area contributed by atoms with Crippen LogP contribution in [-0.4, -0.2) is 31.6 Å². The van der Waals surface area contributed by atoms with Crippen LogP contribution < -0.4 is 5.69 Å². The molecule has 0 aromatic carbocycles. The molecule has 0 spiro atoms. The van der Waals surface area contributed by atoms with Gasteiger partial charge in [-0.25, -0.2) is 4.79 Å². The summed E-state index contributed by atoms with van der Waals surface area (Å²) in [4.78, 5) is 26.5. The lowest BCUT2D eigenvalue weighted by atomic mass is 10.1. The van der Waals surface area contributed by atoms with Crippen molar-refractivity contribution in [2.24, 2.45) is 14.1 Å². The molecule has 0 radical (unpaired) electrons. The molecular formula is C14H15BrN4O2. The third-order valence-corrected chi connectivity index (χ3v) is 5.49. The van der Waals surface area contributed by atoms with Gasteiger partial charge in [0.15, 0.2) is 0 Å². The molecule has 0 unspecified atom stereocenters. The Bertz CT molecular complexity index is 844. The van der Waals surface area contributed by atoms with Gasteiger partial charge in [-0.2, -0.15) is 0 Å². The topological polar surface area (TPSA) is 52.2 Å². The highest BCUT2D eigenvalue weighted by atomic mass is 79.9. The van der Waals surface area contributed by atoms with Crippen LogP contribution in [0.25, 0.3) is 0 Å². The van der Waals surface area contributed by atoms with E-state index in [4.69, 9.17) is 0 Å². The second-order valence-corrected chi connectivity index (χ2v) is 6.59. The van der Waals surface area contributed by atoms with Gasteiger partial charge in [0.05, 0.1) is 22.4 Å². The fraction of sp³-hybridized carbons (Fsp3) is 0.429. The third-order valence-electron chi connectivity index (χ3n) is 4.84. The summed E-state index contributed by atoms with van der Waals surface area (Å²) in [5, 5.41) is 0. The molecule has 21 heavy (non-hydrogen) atoms. The standard InChI is InChI=1S/C14H15BrN4O2/c1-16-8-6-9-12(11(8)18(3)14(16)21)17(2)13(20)7-4-5-10(15)19(7)9/h4-5,9,12H,6H2,1-3H3/t9-,12-/m1/s1. The lowest BCUT2D eigenvalue weighted by Crippen LogP contribution is -2.42. The van der Waals surface area contributed by atoms with Gasteiger partial charge in [0.1, 0.15) is 5.69 Å². The lowest BCUT2D eigenvalue weighted by Gasteiger charge is -2.37. The quantitative estimate of drug-likeness (QED) is 0.717. The van der Waals surface area contributed by atoms with E-state index in [9.17, 15) is 9.59 Å². The van der Waals surface area contributed by atoms with E-state index in [1.54, 1.807) is 28.1 Å². The van der Waals surface area contributed by atoms with Crippen molar-refractivity contribution in [1.29, 1.82) is 0 Å². The van der Waals surface area contributed by atoms with Gasteiger partial charge in [0.2, 0.25) is 0 Å². The first kappa shape index (κ1) is 12.9. The van der Waals surface area contributed by atoms with Crippen molar-refractivity contribution in [3.63, 3.8) is 0 Å². The van der Waals surface area contributed by atoms with E-state index in [0.29, 0.717) is 5.69 Å². The van der Waals surface area contributed by atoms with Crippen molar-refractivity contribution >= 4 is 21.8 Å². The molecule has 3 heterocycles. The summed E-state index contributed by atoms with van der Waals surface area (Å²) >= 11 is 3.54. The number of fused-ring (bicyclic) bond motifs is 5. The summed E-state index contributed by atoms with van der Waals surface area (Å²) < 4.78 is 6.33. The average molecular weight is 351 g/mol. The van der Waals surface area contributed by atoms with E-state index in [1.165, 1.54) is 0 Å². The van der Waals surface area contributed by atoms with Gasteiger partial charge < -0.3 is 9.47 Å². The lowest BCUT2D eigenvalue weighted by molar-refractivity contribution is 0.0600. The Morgan fingerprint density at radius 2 is 1.86 bits per heavy atom. The summed E-state index contributed by atoms with van der Waals surface area (Å²) in [5.41, 5.74) is 2.64. The normalized spacial score (nSPS) is 23.2. The van der Waals surface area contributed by atoms with E-state index in [0.717, 1.165) is 22.4 Å². The molecule has 0 saturated carbocycles. The van der Waals surface area contributed by atoms with Gasteiger partial charge in [0, 0.05) is 33.3 Å². The van der Waals surface area contributed by atoms with E-state index in [2.05, 4.69) is 20.5 Å². The van der Waals surface area contributed by atoms with Gasteiger partial charge >= 0.3 is 5.69 Å². The minimum atomic E-state index is -0.0948. The molecule has 2 atom stereocenters. The molecule has 110 valence electrons. The fourth-order valence-corrected chi connectivity index (χ4v) is 4.41. The maximum atomic E-state index is 12.6. The van der Waals surface area contributed by atoms with Crippen molar-refractivity contribution in [2.45, 2.75) is 18.5 Å². The van der Waals surface area contributed by atoms with Gasteiger partial charge in [-0.15, -0.1) is 0 Å². The van der Waals surface area contributed by atoms with Crippen LogP contribution in [0.5, 0.6) is 0 Å². The molecule has 0 N–H and O–H groups in total. The summed E-state index contributed by atoms with van der Waals surface area (Å²) in [6.45, 7) is 0. The Hall–Kier alpha value is -1.76. The molecule has 1 aliphatic heterocycles. The zero-order chi connectivity index (χ0) is 15.0. The van der Waals surface area contributed by atoms with Crippen LogP contribution in [0.15, 0.2) is 21.5 Å². The summed E-state index contributed by atoms with van der Waals surface area (Å²) in [6.07, 6.45) is 0.754. The number of hydrogen-bond acceptors (Lipinski definition) is 2. The van der Waals surface area contributed by atoms with Gasteiger partial charge in [-0.3, -0.25) is 13.9 Å². The maximum absolute atomic E-state index is 12.6. The zero-order valence-corrected chi connectivity index (χ0v) is 13.6. The molecule has 0 fully saturated rings. The van der Waals surface area contributed by atoms with Crippen LogP contribution >= 0.6 is 15.9 Å². The van der Waals surface area contributed by atoms with Crippen molar-refractivity contribution in [3.8, 4) is 0 Å². The highest BCUT2D eigenvalue weighted by molar-refractivity contribution is 9.10. The first-order valence-corrected chi connectivity index (χ1v) is 7.61. The zero-order valence-electron chi connectivity index (χ0n) is 12.0. The summed E-state index contributed by atoms with van der Waals surface area (Å²) in [7, 11) is 5.39. The number of hydrogen-bond donors (Lipinski definition) is 0. The highest BCUT2D eigenvalue weighted by Gasteiger charge is 2.47. The molecular weight excluding hydrogens is 336 g/mol. The fourth-order valence-electron chi connectivity index (χ4n) is 3.83. The van der Waals surface area contributed by atoms with Crippen molar-refractivity contribution in [3.05, 3.63) is 44.3 Å². The Labute approximate surface area is 129 Å². The molecule has 0 saturated heterocycles. The molecule has 7 heteroatoms. The molecule has 2 aromatic heterocycles. The molecule has 1 amide bonds. The Balaban J connectivity index is 2.00. The van der Waals surface area contributed by atoms with Gasteiger partial charge in [-0.05, 0) is 28.1 Å². The Morgan fingerprint density at radius 1 is 1.14 bits per heavy atom. The number of nitrogens with zero attached hydrogens (tertiary/aromatic N) is 4. The van der Waals surface area contributed by atoms with Crippen LogP contribution in [0.2, 0.25) is 0 Å². The predicted octanol–water partition coefficient (Wildman–Crippen LogP) is 1.21. The second-order valence-electron chi connectivity index (χ2n) is 5.78. The predicted molar refractivity (Wildman–Crippen MR) is 80.4 cm³/mol. The molecule has 2 aliphatic rings. The number of aromatic nitrogens is 3. The molecule has 6 nitrogen and oxygen atoms in total. The van der Waals surface area contributed by atoms with Crippen molar-refractivity contribution in [1.82, 2.24) is 18.6 Å². The Morgan fingerprint density at radius 3 is 2.57 bits per heavy atom. The number of rotatable bonds is 0. The van der Waals surface area contributed by atoms with Crippen molar-refractivity contribution in [2.75, 3.05) is 7.05 Å². The van der Waals surface area contributed by atoms with E-state index >= 15 is 0 Å². The van der Waals surface area contributed by atoms with Gasteiger partial charge in [0.25, 0.3) is 5.91 Å². The minimum Gasteiger partial charge on any atom is -0.330 e. The summed E-state index contributed by atoms with van der Waals surface area (Å²) in [6, 6.07) is 3.80. The van der Waals surface area contributed by atoms with Crippen LogP contribution in [0, 0.1) is 0 Å². The van der Waals surface area contributed by atoms with E-state index in [-0.39, 0.29) is 23.7 Å². The SMILES string of the molecule is CN1C(=O)c2ccc(Br)n2[C@@H]2Cc3c(n(C)c(=O)n3C)[C@@H]21. The number of amides is 1. The molecule has 0 bridgehead atoms. The molecule has 2 aromatic rings. The third kappa shape index (κ3) is 1.37.